The second-order valence-corrected chi connectivity index (χ2v) is 5.68. The summed E-state index contributed by atoms with van der Waals surface area (Å²) in [5.41, 5.74) is 6.48. The van der Waals surface area contributed by atoms with Gasteiger partial charge in [-0.2, -0.15) is 0 Å². The second kappa shape index (κ2) is 4.82. The van der Waals surface area contributed by atoms with Crippen LogP contribution >= 0.6 is 11.8 Å². The summed E-state index contributed by atoms with van der Waals surface area (Å²) in [5, 5.41) is 9.43. The first-order valence-corrected chi connectivity index (χ1v) is 6.82. The number of methoxy groups -OCH3 is 1. The molecule has 0 aliphatic carbocycles. The number of carboxylic acids is 1. The SMILES string of the molecule is COc1cc2c(cc1C)SCCCC2(N)C(=O)O. The van der Waals surface area contributed by atoms with E-state index in [0.717, 1.165) is 22.6 Å². The molecule has 3 N–H and O–H groups in total. The van der Waals surface area contributed by atoms with Crippen molar-refractivity contribution in [2.75, 3.05) is 12.9 Å². The van der Waals surface area contributed by atoms with Crippen LogP contribution in [0.3, 0.4) is 0 Å². The van der Waals surface area contributed by atoms with Crippen LogP contribution in [0.15, 0.2) is 17.0 Å². The highest BCUT2D eigenvalue weighted by Gasteiger charge is 2.39. The number of hydrogen-bond donors (Lipinski definition) is 2. The Morgan fingerprint density at radius 3 is 2.89 bits per heavy atom. The van der Waals surface area contributed by atoms with Crippen LogP contribution in [-0.4, -0.2) is 23.9 Å². The zero-order valence-electron chi connectivity index (χ0n) is 10.5. The van der Waals surface area contributed by atoms with Crippen molar-refractivity contribution in [2.24, 2.45) is 5.73 Å². The summed E-state index contributed by atoms with van der Waals surface area (Å²) in [5.74, 6) is 0.606. The van der Waals surface area contributed by atoms with Crippen LogP contribution in [0.25, 0.3) is 0 Å². The smallest absolute Gasteiger partial charge is 0.328 e. The first kappa shape index (κ1) is 13.2. The molecular formula is C13H17NO3S. The maximum absolute atomic E-state index is 11.5. The van der Waals surface area contributed by atoms with E-state index in [1.165, 1.54) is 0 Å². The van der Waals surface area contributed by atoms with Crippen molar-refractivity contribution in [3.63, 3.8) is 0 Å². The number of ether oxygens (including phenoxy) is 1. The molecule has 1 atom stereocenters. The fourth-order valence-corrected chi connectivity index (χ4v) is 3.40. The molecule has 1 heterocycles. The second-order valence-electron chi connectivity index (χ2n) is 4.55. The van der Waals surface area contributed by atoms with Gasteiger partial charge in [0.25, 0.3) is 0 Å². The van der Waals surface area contributed by atoms with E-state index in [1.807, 2.05) is 13.0 Å². The molecule has 0 bridgehead atoms. The van der Waals surface area contributed by atoms with Gasteiger partial charge in [0.05, 0.1) is 7.11 Å². The van der Waals surface area contributed by atoms with E-state index >= 15 is 0 Å². The molecule has 0 spiro atoms. The van der Waals surface area contributed by atoms with Gasteiger partial charge >= 0.3 is 5.97 Å². The first-order chi connectivity index (χ1) is 8.49. The Hall–Kier alpha value is -1.20. The van der Waals surface area contributed by atoms with Gasteiger partial charge in [0, 0.05) is 10.5 Å². The predicted molar refractivity (Wildman–Crippen MR) is 71.2 cm³/mol. The number of hydrogen-bond acceptors (Lipinski definition) is 4. The summed E-state index contributed by atoms with van der Waals surface area (Å²) < 4.78 is 5.27. The number of fused-ring (bicyclic) bond motifs is 1. The predicted octanol–water partition coefficient (Wildman–Crippen LogP) is 2.13. The Kier molecular flexibility index (Phi) is 3.54. The van der Waals surface area contributed by atoms with Crippen LogP contribution in [-0.2, 0) is 10.3 Å². The zero-order valence-corrected chi connectivity index (χ0v) is 11.3. The van der Waals surface area contributed by atoms with E-state index in [9.17, 15) is 9.90 Å². The van der Waals surface area contributed by atoms with E-state index < -0.39 is 11.5 Å². The number of nitrogens with two attached hydrogens (primary N) is 1. The molecule has 0 amide bonds. The lowest BCUT2D eigenvalue weighted by Crippen LogP contribution is -2.44. The van der Waals surface area contributed by atoms with E-state index in [2.05, 4.69) is 0 Å². The van der Waals surface area contributed by atoms with Crippen molar-refractivity contribution in [1.29, 1.82) is 0 Å². The standard InChI is InChI=1S/C13H17NO3S/c1-8-6-11-9(7-10(8)17-2)13(14,12(15)16)4-3-5-18-11/h6-7H,3-5,14H2,1-2H3,(H,15,16). The summed E-state index contributed by atoms with van der Waals surface area (Å²) in [7, 11) is 1.58. The summed E-state index contributed by atoms with van der Waals surface area (Å²) in [4.78, 5) is 12.5. The van der Waals surface area contributed by atoms with Gasteiger partial charge in [-0.15, -0.1) is 11.8 Å². The Morgan fingerprint density at radius 2 is 2.28 bits per heavy atom. The average molecular weight is 267 g/mol. The molecule has 5 heteroatoms. The molecule has 1 unspecified atom stereocenters. The fourth-order valence-electron chi connectivity index (χ4n) is 2.24. The number of thioether (sulfide) groups is 1. The van der Waals surface area contributed by atoms with Crippen LogP contribution in [0.4, 0.5) is 0 Å². The first-order valence-electron chi connectivity index (χ1n) is 5.83. The van der Waals surface area contributed by atoms with Gasteiger partial charge in [0.2, 0.25) is 0 Å². The summed E-state index contributed by atoms with van der Waals surface area (Å²) in [6, 6.07) is 3.74. The van der Waals surface area contributed by atoms with Crippen molar-refractivity contribution >= 4 is 17.7 Å². The molecule has 1 aliphatic heterocycles. The summed E-state index contributed by atoms with van der Waals surface area (Å²) >= 11 is 1.66. The largest absolute Gasteiger partial charge is 0.496 e. The molecular weight excluding hydrogens is 250 g/mol. The number of carbonyl (C=O) groups is 1. The monoisotopic (exact) mass is 267 g/mol. The highest BCUT2D eigenvalue weighted by molar-refractivity contribution is 7.99. The van der Waals surface area contributed by atoms with E-state index in [4.69, 9.17) is 10.5 Å². The molecule has 0 saturated heterocycles. The number of rotatable bonds is 2. The highest BCUT2D eigenvalue weighted by Crippen LogP contribution is 2.40. The average Bonchev–Trinajstić information content (AvgIpc) is 2.49. The molecule has 1 aromatic rings. The molecule has 0 fully saturated rings. The zero-order chi connectivity index (χ0) is 13.3. The maximum atomic E-state index is 11.5. The molecule has 1 aliphatic rings. The molecule has 0 saturated carbocycles. The third kappa shape index (κ3) is 2.08. The molecule has 4 nitrogen and oxygen atoms in total. The van der Waals surface area contributed by atoms with Crippen molar-refractivity contribution < 1.29 is 14.6 Å². The lowest BCUT2D eigenvalue weighted by Gasteiger charge is -2.25. The van der Waals surface area contributed by atoms with Crippen LogP contribution in [0.5, 0.6) is 5.75 Å². The topological polar surface area (TPSA) is 72.5 Å². The molecule has 0 radical (unpaired) electrons. The van der Waals surface area contributed by atoms with E-state index in [-0.39, 0.29) is 0 Å². The van der Waals surface area contributed by atoms with Crippen molar-refractivity contribution in [1.82, 2.24) is 0 Å². The molecule has 18 heavy (non-hydrogen) atoms. The minimum atomic E-state index is -1.31. The summed E-state index contributed by atoms with van der Waals surface area (Å²) in [6.07, 6.45) is 1.25. The minimum Gasteiger partial charge on any atom is -0.496 e. The number of benzene rings is 1. The lowest BCUT2D eigenvalue weighted by atomic mass is 9.86. The molecule has 0 aromatic heterocycles. The van der Waals surface area contributed by atoms with Crippen molar-refractivity contribution in [2.45, 2.75) is 30.2 Å². The van der Waals surface area contributed by atoms with Crippen molar-refractivity contribution in [3.8, 4) is 5.75 Å². The molecule has 1 aromatic carbocycles. The number of aryl methyl sites for hydroxylation is 1. The Bertz CT molecular complexity index is 489. The number of carboxylic acid groups (broad SMARTS) is 1. The quantitative estimate of drug-likeness (QED) is 0.858. The van der Waals surface area contributed by atoms with Gasteiger partial charge in [0.15, 0.2) is 0 Å². The van der Waals surface area contributed by atoms with Crippen LogP contribution < -0.4 is 10.5 Å². The lowest BCUT2D eigenvalue weighted by molar-refractivity contribution is -0.144. The van der Waals surface area contributed by atoms with Gasteiger partial charge in [-0.25, -0.2) is 4.79 Å². The van der Waals surface area contributed by atoms with Gasteiger partial charge in [0.1, 0.15) is 11.3 Å². The third-order valence-electron chi connectivity index (χ3n) is 3.33. The Morgan fingerprint density at radius 1 is 1.56 bits per heavy atom. The van der Waals surface area contributed by atoms with E-state index in [1.54, 1.807) is 24.9 Å². The van der Waals surface area contributed by atoms with Gasteiger partial charge < -0.3 is 15.6 Å². The molecule has 2 rings (SSSR count). The Labute approximate surface area is 111 Å². The molecule has 98 valence electrons. The van der Waals surface area contributed by atoms with Gasteiger partial charge in [-0.1, -0.05) is 0 Å². The van der Waals surface area contributed by atoms with Crippen LogP contribution in [0.2, 0.25) is 0 Å². The highest BCUT2D eigenvalue weighted by atomic mass is 32.2. The van der Waals surface area contributed by atoms with Crippen molar-refractivity contribution in [3.05, 3.63) is 23.3 Å². The van der Waals surface area contributed by atoms with Crippen LogP contribution in [0, 0.1) is 6.92 Å². The Balaban J connectivity index is 2.63. The fraction of sp³-hybridized carbons (Fsp3) is 0.462. The van der Waals surface area contributed by atoms with E-state index in [0.29, 0.717) is 17.7 Å². The normalized spacial score (nSPS) is 23.1. The maximum Gasteiger partial charge on any atom is 0.328 e. The number of aliphatic carboxylic acids is 1. The summed E-state index contributed by atoms with van der Waals surface area (Å²) in [6.45, 7) is 1.95. The van der Waals surface area contributed by atoms with Gasteiger partial charge in [-0.3, -0.25) is 0 Å². The van der Waals surface area contributed by atoms with Gasteiger partial charge in [-0.05, 0) is 43.2 Å². The third-order valence-corrected chi connectivity index (χ3v) is 4.47. The minimum absolute atomic E-state index is 0.453. The van der Waals surface area contributed by atoms with Crippen LogP contribution in [0.1, 0.15) is 24.0 Å².